The average Bonchev–Trinajstić information content (AvgIpc) is 2.05. The van der Waals surface area contributed by atoms with Gasteiger partial charge in [0.1, 0.15) is 0 Å². The Morgan fingerprint density at radius 1 is 1.42 bits per heavy atom. The second kappa shape index (κ2) is 3.77. The van der Waals surface area contributed by atoms with Gasteiger partial charge in [0.2, 0.25) is 0 Å². The van der Waals surface area contributed by atoms with E-state index in [1.54, 1.807) is 6.08 Å². The molecule has 1 rings (SSSR count). The summed E-state index contributed by atoms with van der Waals surface area (Å²) in [6, 6.07) is 5.86. The van der Waals surface area contributed by atoms with Crippen molar-refractivity contribution in [3.8, 4) is 0 Å². The lowest BCUT2D eigenvalue weighted by Crippen LogP contribution is -2.26. The molecule has 0 atom stereocenters. The van der Waals surface area contributed by atoms with Crippen molar-refractivity contribution in [3.63, 3.8) is 0 Å². The quantitative estimate of drug-likeness (QED) is 0.609. The first-order valence-corrected chi connectivity index (χ1v) is 3.93. The average molecular weight is 159 g/mol. The number of benzene rings is 1. The van der Waals surface area contributed by atoms with Gasteiger partial charge in [-0.1, -0.05) is 36.9 Å². The summed E-state index contributed by atoms with van der Waals surface area (Å²) in [5.74, 6) is 0. The molecule has 1 heteroatoms. The number of hydrogen-bond acceptors (Lipinski definition) is 1. The highest BCUT2D eigenvalue weighted by Gasteiger charge is 1.87. The topological polar surface area (TPSA) is 26.0 Å². The molecule has 1 aromatic rings. The van der Waals surface area contributed by atoms with Gasteiger partial charge < -0.3 is 5.73 Å². The van der Waals surface area contributed by atoms with E-state index in [0.717, 1.165) is 16.1 Å². The number of rotatable bonds is 1. The lowest BCUT2D eigenvalue weighted by atomic mass is 10.2. The van der Waals surface area contributed by atoms with Crippen LogP contribution in [0, 0.1) is 0 Å². The van der Waals surface area contributed by atoms with Crippen LogP contribution in [0.15, 0.2) is 30.9 Å². The van der Waals surface area contributed by atoms with Gasteiger partial charge in [0.25, 0.3) is 0 Å². The summed E-state index contributed by atoms with van der Waals surface area (Å²) >= 11 is 0. The fraction of sp³-hybridized carbons (Fsp3) is 0.0909. The van der Waals surface area contributed by atoms with E-state index < -0.39 is 0 Å². The smallest absolute Gasteiger partial charge is 0.0390 e. The first-order valence-electron chi connectivity index (χ1n) is 3.93. The van der Waals surface area contributed by atoms with Crippen LogP contribution in [0.4, 0.5) is 5.69 Å². The molecule has 0 aromatic heterocycles. The molecule has 0 saturated carbocycles. The summed E-state index contributed by atoms with van der Waals surface area (Å²) in [4.78, 5) is 0. The number of nitrogens with two attached hydrogens (primary N) is 1. The lowest BCUT2D eigenvalue weighted by Gasteiger charge is -1.94. The van der Waals surface area contributed by atoms with Crippen molar-refractivity contribution in [1.29, 1.82) is 0 Å². The molecular weight excluding hydrogens is 146 g/mol. The van der Waals surface area contributed by atoms with Gasteiger partial charge in [0.15, 0.2) is 0 Å². The van der Waals surface area contributed by atoms with Gasteiger partial charge in [0, 0.05) is 10.9 Å². The monoisotopic (exact) mass is 159 g/mol. The molecule has 0 spiro atoms. The van der Waals surface area contributed by atoms with Crippen molar-refractivity contribution >= 4 is 17.8 Å². The van der Waals surface area contributed by atoms with Crippen molar-refractivity contribution in [2.75, 3.05) is 5.73 Å². The Morgan fingerprint density at radius 3 is 2.75 bits per heavy atom. The summed E-state index contributed by atoms with van der Waals surface area (Å²) < 4.78 is 0. The predicted molar refractivity (Wildman–Crippen MR) is 54.9 cm³/mol. The van der Waals surface area contributed by atoms with E-state index >= 15 is 0 Å². The molecule has 0 radical (unpaired) electrons. The van der Waals surface area contributed by atoms with Crippen LogP contribution in [0.25, 0.3) is 12.2 Å². The molecule has 0 saturated heterocycles. The van der Waals surface area contributed by atoms with E-state index in [1.807, 2.05) is 37.3 Å². The van der Waals surface area contributed by atoms with E-state index in [9.17, 15) is 0 Å². The molecule has 0 aliphatic rings. The van der Waals surface area contributed by atoms with E-state index in [4.69, 9.17) is 5.73 Å². The fourth-order valence-electron chi connectivity index (χ4n) is 1.21. The summed E-state index contributed by atoms with van der Waals surface area (Å²) in [5.41, 5.74) is 6.59. The maximum atomic E-state index is 5.78. The van der Waals surface area contributed by atoms with Crippen LogP contribution < -0.4 is 16.2 Å². The summed E-state index contributed by atoms with van der Waals surface area (Å²) in [6.45, 7) is 5.63. The zero-order valence-corrected chi connectivity index (χ0v) is 7.25. The predicted octanol–water partition coefficient (Wildman–Crippen LogP) is 1.04. The van der Waals surface area contributed by atoms with Gasteiger partial charge in [-0.2, -0.15) is 0 Å². The molecular formula is C11H13N. The van der Waals surface area contributed by atoms with Crippen LogP contribution >= 0.6 is 0 Å². The van der Waals surface area contributed by atoms with Crippen LogP contribution in [0.2, 0.25) is 0 Å². The van der Waals surface area contributed by atoms with Crippen LogP contribution in [0.5, 0.6) is 0 Å². The minimum atomic E-state index is 0.813. The van der Waals surface area contributed by atoms with Gasteiger partial charge in [-0.05, 0) is 18.2 Å². The zero-order chi connectivity index (χ0) is 8.97. The van der Waals surface area contributed by atoms with Gasteiger partial charge in [-0.3, -0.25) is 0 Å². The zero-order valence-electron chi connectivity index (χ0n) is 7.25. The van der Waals surface area contributed by atoms with Crippen molar-refractivity contribution in [3.05, 3.63) is 41.3 Å². The van der Waals surface area contributed by atoms with E-state index in [1.165, 1.54) is 0 Å². The molecule has 1 aromatic carbocycles. The Kier molecular flexibility index (Phi) is 2.70. The first-order chi connectivity index (χ1) is 5.79. The molecule has 12 heavy (non-hydrogen) atoms. The SMILES string of the molecule is C=C/C=c1/cccc(N)/c1=C/C. The normalized spacial score (nSPS) is 13.4. The second-order valence-electron chi connectivity index (χ2n) is 2.54. The van der Waals surface area contributed by atoms with Crippen molar-refractivity contribution in [2.24, 2.45) is 0 Å². The van der Waals surface area contributed by atoms with Gasteiger partial charge in [-0.15, -0.1) is 0 Å². The molecule has 0 bridgehead atoms. The van der Waals surface area contributed by atoms with E-state index in [-0.39, 0.29) is 0 Å². The summed E-state index contributed by atoms with van der Waals surface area (Å²) in [5, 5.41) is 2.20. The highest BCUT2D eigenvalue weighted by molar-refractivity contribution is 5.48. The lowest BCUT2D eigenvalue weighted by molar-refractivity contribution is 1.50. The van der Waals surface area contributed by atoms with Crippen molar-refractivity contribution in [1.82, 2.24) is 0 Å². The number of hydrogen-bond donors (Lipinski definition) is 1. The second-order valence-corrected chi connectivity index (χ2v) is 2.54. The van der Waals surface area contributed by atoms with E-state index in [0.29, 0.717) is 0 Å². The van der Waals surface area contributed by atoms with Crippen LogP contribution in [0.3, 0.4) is 0 Å². The Bertz CT molecular complexity index is 388. The molecule has 0 heterocycles. The third-order valence-corrected chi connectivity index (χ3v) is 1.76. The third-order valence-electron chi connectivity index (χ3n) is 1.76. The van der Waals surface area contributed by atoms with Gasteiger partial charge >= 0.3 is 0 Å². The summed E-state index contributed by atoms with van der Waals surface area (Å²) in [7, 11) is 0. The standard InChI is InChI=1S/C11H13N/c1-3-6-9-7-5-8-11(12)10(9)4-2/h3-8H,1,12H2,2H3/b9-6-,10-4+. The van der Waals surface area contributed by atoms with E-state index in [2.05, 4.69) is 6.58 Å². The number of allylic oxidation sites excluding steroid dienone is 1. The Balaban J connectivity index is 3.61. The number of anilines is 1. The number of nitrogen functional groups attached to an aromatic ring is 1. The Labute approximate surface area is 72.5 Å². The van der Waals surface area contributed by atoms with Crippen LogP contribution in [0.1, 0.15) is 6.92 Å². The van der Waals surface area contributed by atoms with Crippen LogP contribution in [-0.2, 0) is 0 Å². The third kappa shape index (κ3) is 1.56. The largest absolute Gasteiger partial charge is 0.398 e. The molecule has 2 N–H and O–H groups in total. The summed E-state index contributed by atoms with van der Waals surface area (Å²) in [6.07, 6.45) is 5.72. The minimum Gasteiger partial charge on any atom is -0.398 e. The molecule has 0 unspecified atom stereocenters. The molecule has 62 valence electrons. The fourth-order valence-corrected chi connectivity index (χ4v) is 1.21. The first kappa shape index (κ1) is 8.60. The maximum absolute atomic E-state index is 5.78. The van der Waals surface area contributed by atoms with Crippen molar-refractivity contribution < 1.29 is 0 Å². The van der Waals surface area contributed by atoms with Gasteiger partial charge in [0.05, 0.1) is 0 Å². The highest BCUT2D eigenvalue weighted by Crippen LogP contribution is 1.86. The highest BCUT2D eigenvalue weighted by atomic mass is 14.5. The molecule has 1 nitrogen and oxygen atoms in total. The molecule has 0 amide bonds. The Hall–Kier alpha value is -1.50. The minimum absolute atomic E-state index is 0.813. The van der Waals surface area contributed by atoms with Crippen LogP contribution in [-0.4, -0.2) is 0 Å². The molecule has 0 fully saturated rings. The van der Waals surface area contributed by atoms with Gasteiger partial charge in [-0.25, -0.2) is 0 Å². The van der Waals surface area contributed by atoms with Crippen molar-refractivity contribution in [2.45, 2.75) is 6.92 Å². The maximum Gasteiger partial charge on any atom is 0.0390 e. The molecule has 0 aliphatic carbocycles. The Morgan fingerprint density at radius 2 is 2.17 bits per heavy atom. The molecule has 0 aliphatic heterocycles.